The number of fused-ring (bicyclic) bond motifs is 7. The number of nitrogens with zero attached hydrogens (tertiary/aromatic N) is 1. The number of ketones is 2. The first-order valence-electron chi connectivity index (χ1n) is 14.7. The highest BCUT2D eigenvalue weighted by Gasteiger charge is 2.71. The summed E-state index contributed by atoms with van der Waals surface area (Å²) in [5.74, 6) is -2.87. The molecule has 0 saturated heterocycles. The first kappa shape index (κ1) is 30.0. The fourth-order valence-corrected chi connectivity index (χ4v) is 10.1. The van der Waals surface area contributed by atoms with E-state index in [9.17, 15) is 37.9 Å². The molecule has 9 heteroatoms. The summed E-state index contributed by atoms with van der Waals surface area (Å²) >= 11 is 0. The van der Waals surface area contributed by atoms with Crippen LogP contribution in [0.5, 0.6) is 0 Å². The number of nitriles is 1. The molecule has 3 saturated carbocycles. The van der Waals surface area contributed by atoms with Crippen molar-refractivity contribution in [3.63, 3.8) is 0 Å². The Morgan fingerprint density at radius 3 is 2.32 bits per heavy atom. The van der Waals surface area contributed by atoms with E-state index in [1.165, 1.54) is 6.92 Å². The summed E-state index contributed by atoms with van der Waals surface area (Å²) in [5.41, 5.74) is -4.39. The molecule has 0 aromatic rings. The molecule has 2 N–H and O–H groups in total. The van der Waals surface area contributed by atoms with Gasteiger partial charge in [-0.1, -0.05) is 46.3 Å². The first-order valence-corrected chi connectivity index (χ1v) is 14.7. The maximum Gasteiger partial charge on any atom is 0.405 e. The summed E-state index contributed by atoms with van der Waals surface area (Å²) in [4.78, 5) is 41.0. The number of aliphatic hydroxyl groups is 1. The standard InChI is InChI=1S/C32H41F3N2O4/c1-26(2)9-11-31(25(40)37-17-32(33,34)35)12-10-29(5)23(19(31)15-26)20(38)13-22-27(3)14-18(16-36)24(39)30(6,41)21(27)7-8-28(22,29)4/h13-14,19,21,23,41H,7-12,15,17H2,1-6H3,(H,37,40)/t19-,21?,23-,27-,28+,29+,30-,31-/m0/s1. The third-order valence-electron chi connectivity index (χ3n) is 12.4. The topological polar surface area (TPSA) is 107 Å². The van der Waals surface area contributed by atoms with E-state index in [1.54, 1.807) is 12.2 Å². The van der Waals surface area contributed by atoms with Gasteiger partial charge >= 0.3 is 6.18 Å². The van der Waals surface area contributed by atoms with Crippen LogP contribution in [-0.2, 0) is 14.4 Å². The Labute approximate surface area is 239 Å². The number of amides is 1. The predicted molar refractivity (Wildman–Crippen MR) is 145 cm³/mol. The lowest BCUT2D eigenvalue weighted by Crippen LogP contribution is -2.67. The maximum absolute atomic E-state index is 14.4. The third-order valence-corrected chi connectivity index (χ3v) is 12.4. The van der Waals surface area contributed by atoms with E-state index in [0.29, 0.717) is 44.9 Å². The molecule has 6 nitrogen and oxygen atoms in total. The molecular formula is C32H41F3N2O4. The molecule has 0 radical (unpaired) electrons. The average Bonchev–Trinajstić information content (AvgIpc) is 2.85. The smallest absolute Gasteiger partial charge is 0.382 e. The van der Waals surface area contributed by atoms with Crippen molar-refractivity contribution < 1.29 is 32.7 Å². The molecule has 0 spiro atoms. The minimum atomic E-state index is -4.53. The highest BCUT2D eigenvalue weighted by atomic mass is 19.4. The number of hydrogen-bond acceptors (Lipinski definition) is 5. The van der Waals surface area contributed by atoms with E-state index >= 15 is 0 Å². The molecule has 5 aliphatic rings. The number of carbonyl (C=O) groups excluding carboxylic acids is 3. The number of halogens is 3. The van der Waals surface area contributed by atoms with Gasteiger partial charge < -0.3 is 10.4 Å². The van der Waals surface area contributed by atoms with Crippen LogP contribution < -0.4 is 5.32 Å². The van der Waals surface area contributed by atoms with Gasteiger partial charge in [0.2, 0.25) is 11.7 Å². The Morgan fingerprint density at radius 1 is 1.07 bits per heavy atom. The zero-order valence-corrected chi connectivity index (χ0v) is 24.8. The van der Waals surface area contributed by atoms with Gasteiger partial charge in [-0.15, -0.1) is 0 Å². The van der Waals surface area contributed by atoms with Crippen LogP contribution in [0.15, 0.2) is 23.3 Å². The highest BCUT2D eigenvalue weighted by molar-refractivity contribution is 6.06. The molecule has 0 heterocycles. The fraction of sp³-hybridized carbons (Fsp3) is 0.750. The molecule has 1 unspecified atom stereocenters. The van der Waals surface area contributed by atoms with Crippen molar-refractivity contribution in [1.29, 1.82) is 5.26 Å². The molecule has 0 bridgehead atoms. The number of alkyl halides is 3. The Kier molecular flexibility index (Phi) is 6.42. The summed E-state index contributed by atoms with van der Waals surface area (Å²) in [6.45, 7) is 10.4. The summed E-state index contributed by atoms with van der Waals surface area (Å²) in [6, 6.07) is 1.95. The average molecular weight is 575 g/mol. The van der Waals surface area contributed by atoms with Gasteiger partial charge in [0.1, 0.15) is 18.2 Å². The quantitative estimate of drug-likeness (QED) is 0.446. The minimum absolute atomic E-state index is 0.114. The van der Waals surface area contributed by atoms with Gasteiger partial charge in [0, 0.05) is 17.3 Å². The van der Waals surface area contributed by atoms with Crippen LogP contribution in [0.3, 0.4) is 0 Å². The zero-order valence-electron chi connectivity index (χ0n) is 24.8. The normalized spacial score (nSPS) is 45.1. The van der Waals surface area contributed by atoms with Crippen LogP contribution >= 0.6 is 0 Å². The van der Waals surface area contributed by atoms with Crippen molar-refractivity contribution in [1.82, 2.24) is 5.32 Å². The van der Waals surface area contributed by atoms with Gasteiger partial charge in [-0.25, -0.2) is 0 Å². The van der Waals surface area contributed by atoms with Crippen LogP contribution in [-0.4, -0.2) is 40.9 Å². The number of carbonyl (C=O) groups is 3. The third kappa shape index (κ3) is 4.02. The highest BCUT2D eigenvalue weighted by Crippen LogP contribution is 2.74. The molecule has 0 aromatic carbocycles. The number of hydrogen-bond donors (Lipinski definition) is 2. The lowest BCUT2D eigenvalue weighted by atomic mass is 9.34. The summed E-state index contributed by atoms with van der Waals surface area (Å²) < 4.78 is 39.4. The number of allylic oxidation sites excluding steroid dienone is 3. The first-order chi connectivity index (χ1) is 18.7. The molecule has 1 amide bonds. The van der Waals surface area contributed by atoms with Crippen LogP contribution in [0.2, 0.25) is 0 Å². The second kappa shape index (κ2) is 8.78. The van der Waals surface area contributed by atoms with E-state index in [0.717, 1.165) is 5.57 Å². The molecule has 8 atom stereocenters. The van der Waals surface area contributed by atoms with Gasteiger partial charge in [-0.3, -0.25) is 14.4 Å². The Bertz CT molecular complexity index is 1320. The second-order valence-electron chi connectivity index (χ2n) is 15.1. The molecule has 3 fully saturated rings. The van der Waals surface area contributed by atoms with E-state index in [1.807, 2.05) is 13.0 Å². The Morgan fingerprint density at radius 2 is 1.71 bits per heavy atom. The fourth-order valence-electron chi connectivity index (χ4n) is 10.1. The van der Waals surface area contributed by atoms with E-state index < -0.39 is 69.4 Å². The minimum Gasteiger partial charge on any atom is -0.382 e. The molecule has 224 valence electrons. The SMILES string of the molecule is CC1(C)CC[C@]2(C(=O)NCC(F)(F)F)CC[C@]3(C)[C@H](C(=O)C=C4[C@@]5(C)C=C(C#N)C(=O)[C@@](C)(O)C5CC[C@]43C)[C@@H]2C1. The monoisotopic (exact) mass is 574 g/mol. The van der Waals surface area contributed by atoms with Crippen molar-refractivity contribution in [3.05, 3.63) is 23.3 Å². The zero-order chi connectivity index (χ0) is 30.6. The molecule has 0 aromatic heterocycles. The molecule has 41 heavy (non-hydrogen) atoms. The van der Waals surface area contributed by atoms with Crippen molar-refractivity contribution in [2.24, 2.45) is 44.8 Å². The summed E-state index contributed by atoms with van der Waals surface area (Å²) in [6.07, 6.45) is 2.39. The molecular weight excluding hydrogens is 533 g/mol. The van der Waals surface area contributed by atoms with Crippen LogP contribution in [0.1, 0.15) is 86.5 Å². The molecule has 5 aliphatic carbocycles. The van der Waals surface area contributed by atoms with Crippen molar-refractivity contribution in [2.45, 2.75) is 98.3 Å². The predicted octanol–water partition coefficient (Wildman–Crippen LogP) is 5.61. The largest absolute Gasteiger partial charge is 0.405 e. The van der Waals surface area contributed by atoms with Crippen LogP contribution in [0.4, 0.5) is 13.2 Å². The Hall–Kier alpha value is -2.47. The number of nitrogens with one attached hydrogen (secondary N) is 1. The van der Waals surface area contributed by atoms with E-state index in [4.69, 9.17) is 0 Å². The van der Waals surface area contributed by atoms with Crippen molar-refractivity contribution >= 4 is 17.5 Å². The number of rotatable bonds is 2. The second-order valence-corrected chi connectivity index (χ2v) is 15.1. The van der Waals surface area contributed by atoms with Crippen LogP contribution in [0.25, 0.3) is 0 Å². The van der Waals surface area contributed by atoms with Gasteiger partial charge in [0.05, 0.1) is 11.0 Å². The Balaban J connectivity index is 1.65. The molecule has 5 rings (SSSR count). The molecule has 0 aliphatic heterocycles. The van der Waals surface area contributed by atoms with Gasteiger partial charge in [-0.2, -0.15) is 18.4 Å². The number of Topliss-reactive ketones (excluding diaryl/α,β-unsaturated/α-hetero) is 1. The summed E-state index contributed by atoms with van der Waals surface area (Å²) in [5, 5.41) is 23.3. The van der Waals surface area contributed by atoms with Gasteiger partial charge in [0.25, 0.3) is 0 Å². The van der Waals surface area contributed by atoms with Crippen molar-refractivity contribution in [3.8, 4) is 6.07 Å². The van der Waals surface area contributed by atoms with Gasteiger partial charge in [-0.05, 0) is 80.1 Å². The van der Waals surface area contributed by atoms with Crippen molar-refractivity contribution in [2.75, 3.05) is 6.54 Å². The van der Waals surface area contributed by atoms with E-state index in [2.05, 4.69) is 33.0 Å². The maximum atomic E-state index is 14.4. The van der Waals surface area contributed by atoms with E-state index in [-0.39, 0.29) is 16.8 Å². The van der Waals surface area contributed by atoms with Crippen LogP contribution in [0, 0.1) is 56.2 Å². The lowest BCUT2D eigenvalue weighted by molar-refractivity contribution is -0.183. The lowest BCUT2D eigenvalue weighted by Gasteiger charge is -2.68. The summed E-state index contributed by atoms with van der Waals surface area (Å²) in [7, 11) is 0. The van der Waals surface area contributed by atoms with Gasteiger partial charge in [0.15, 0.2) is 5.78 Å².